The predicted octanol–water partition coefficient (Wildman–Crippen LogP) is 5.22. The van der Waals surface area contributed by atoms with E-state index in [-0.39, 0.29) is 30.1 Å². The molecule has 14 heteroatoms. The Morgan fingerprint density at radius 3 is 2.02 bits per heavy atom. The number of piperazine rings is 1. The van der Waals surface area contributed by atoms with Crippen LogP contribution in [-0.2, 0) is 9.59 Å². The molecule has 0 aliphatic carbocycles. The lowest BCUT2D eigenvalue weighted by molar-refractivity contribution is -0.136. The van der Waals surface area contributed by atoms with Crippen molar-refractivity contribution in [2.75, 3.05) is 80.1 Å². The Kier molecular flexibility index (Phi) is 10.1. The van der Waals surface area contributed by atoms with Gasteiger partial charge in [0.1, 0.15) is 6.04 Å². The highest BCUT2D eigenvalue weighted by Gasteiger charge is 2.45. The van der Waals surface area contributed by atoms with Crippen LogP contribution in [0.1, 0.15) is 76.0 Å². The summed E-state index contributed by atoms with van der Waals surface area (Å²) in [7, 11) is 0. The van der Waals surface area contributed by atoms with Gasteiger partial charge in [-0.3, -0.25) is 39.1 Å². The Morgan fingerprint density at radius 2 is 1.33 bits per heavy atom. The molecular weight excluding hydrogens is 756 g/mol. The van der Waals surface area contributed by atoms with Crippen molar-refractivity contribution in [3.63, 3.8) is 0 Å². The van der Waals surface area contributed by atoms with Crippen LogP contribution in [0.4, 0.5) is 22.7 Å². The summed E-state index contributed by atoms with van der Waals surface area (Å²) < 4.78 is 0. The molecule has 5 saturated heterocycles. The van der Waals surface area contributed by atoms with Crippen LogP contribution in [0.25, 0.3) is 4.85 Å². The fourth-order valence-electron chi connectivity index (χ4n) is 10.0. The largest absolute Gasteiger partial charge is 0.372 e. The number of fused-ring (bicyclic) bond motifs is 1. The number of likely N-dealkylation sites (tertiary alicyclic amines) is 1. The van der Waals surface area contributed by atoms with Crippen molar-refractivity contribution < 1.29 is 24.0 Å². The molecule has 5 amide bonds. The van der Waals surface area contributed by atoms with Crippen LogP contribution in [0, 0.1) is 12.0 Å². The summed E-state index contributed by atoms with van der Waals surface area (Å²) in [5.41, 5.74) is 5.07. The first-order valence-electron chi connectivity index (χ1n) is 20.5. The Labute approximate surface area is 343 Å². The normalized spacial score (nSPS) is 22.8. The van der Waals surface area contributed by atoms with E-state index in [0.29, 0.717) is 27.9 Å². The summed E-state index contributed by atoms with van der Waals surface area (Å²) in [4.78, 5) is 80.4. The maximum Gasteiger partial charge on any atom is 0.262 e. The van der Waals surface area contributed by atoms with Gasteiger partial charge in [0, 0.05) is 106 Å². The molecule has 1 atom stereocenters. The lowest BCUT2D eigenvalue weighted by Crippen LogP contribution is -2.54. The Hall–Kier alpha value is -5.45. The quantitative estimate of drug-likeness (QED) is 0.265. The summed E-state index contributed by atoms with van der Waals surface area (Å²) in [6.45, 7) is 16.1. The highest BCUT2D eigenvalue weighted by Crippen LogP contribution is 2.43. The second-order valence-electron chi connectivity index (χ2n) is 16.7. The molecule has 6 aliphatic rings. The van der Waals surface area contributed by atoms with Gasteiger partial charge in [0.05, 0.1) is 17.7 Å². The van der Waals surface area contributed by atoms with Gasteiger partial charge in [0.15, 0.2) is 0 Å². The van der Waals surface area contributed by atoms with E-state index in [1.54, 1.807) is 18.2 Å². The molecule has 0 aromatic heterocycles. The average molecular weight is 803 g/mol. The van der Waals surface area contributed by atoms with Crippen molar-refractivity contribution in [1.82, 2.24) is 20.0 Å². The molecule has 0 bridgehead atoms. The van der Waals surface area contributed by atoms with Crippen molar-refractivity contribution in [3.8, 4) is 0 Å². The van der Waals surface area contributed by atoms with Crippen LogP contribution in [-0.4, -0.2) is 122 Å². The summed E-state index contributed by atoms with van der Waals surface area (Å²) in [5, 5.41) is 2.74. The summed E-state index contributed by atoms with van der Waals surface area (Å²) in [6, 6.07) is 18.7. The number of benzene rings is 3. The number of piperidine rings is 3. The van der Waals surface area contributed by atoms with Gasteiger partial charge in [-0.05, 0) is 98.5 Å². The monoisotopic (exact) mass is 802 g/mol. The Morgan fingerprint density at radius 1 is 0.707 bits per heavy atom. The zero-order valence-corrected chi connectivity index (χ0v) is 33.3. The summed E-state index contributed by atoms with van der Waals surface area (Å²) >= 11 is 6.31. The van der Waals surface area contributed by atoms with Crippen molar-refractivity contribution in [2.45, 2.75) is 57.0 Å². The van der Waals surface area contributed by atoms with Crippen LogP contribution in [0.5, 0.6) is 0 Å². The average Bonchev–Trinajstić information content (AvgIpc) is 3.77. The smallest absolute Gasteiger partial charge is 0.262 e. The van der Waals surface area contributed by atoms with Crippen LogP contribution in [0.15, 0.2) is 60.7 Å². The summed E-state index contributed by atoms with van der Waals surface area (Å²) in [6.07, 6.45) is 5.29. The van der Waals surface area contributed by atoms with Gasteiger partial charge in [0.25, 0.3) is 17.7 Å². The van der Waals surface area contributed by atoms with E-state index in [0.717, 1.165) is 125 Å². The lowest BCUT2D eigenvalue weighted by atomic mass is 9.77. The molecule has 0 saturated carbocycles. The van der Waals surface area contributed by atoms with E-state index in [1.807, 2.05) is 35.2 Å². The predicted molar refractivity (Wildman–Crippen MR) is 221 cm³/mol. The first kappa shape index (κ1) is 38.1. The molecule has 6 aliphatic heterocycles. The second-order valence-corrected chi connectivity index (χ2v) is 17.1. The second kappa shape index (κ2) is 15.4. The fourth-order valence-corrected chi connectivity index (χ4v) is 10.2. The van der Waals surface area contributed by atoms with Crippen LogP contribution < -0.4 is 20.0 Å². The van der Waals surface area contributed by atoms with E-state index in [4.69, 9.17) is 18.2 Å². The highest BCUT2D eigenvalue weighted by molar-refractivity contribution is 6.33. The first-order valence-corrected chi connectivity index (χ1v) is 20.9. The third kappa shape index (κ3) is 7.06. The molecule has 1 unspecified atom stereocenters. The number of nitrogens with one attached hydrogen (secondary N) is 1. The van der Waals surface area contributed by atoms with Crippen molar-refractivity contribution in [3.05, 3.63) is 93.8 Å². The molecule has 58 heavy (non-hydrogen) atoms. The Bertz CT molecular complexity index is 2200. The molecule has 6 heterocycles. The number of hydrogen-bond acceptors (Lipinski definition) is 9. The summed E-state index contributed by atoms with van der Waals surface area (Å²) in [5.74, 6) is -1.85. The minimum atomic E-state index is -0.970. The van der Waals surface area contributed by atoms with Gasteiger partial charge in [0.2, 0.25) is 17.5 Å². The molecule has 13 nitrogen and oxygen atoms in total. The minimum absolute atomic E-state index is 0.0945. The van der Waals surface area contributed by atoms with E-state index in [1.165, 1.54) is 0 Å². The van der Waals surface area contributed by atoms with Gasteiger partial charge in [-0.15, -0.1) is 0 Å². The molecule has 300 valence electrons. The van der Waals surface area contributed by atoms with Crippen LogP contribution >= 0.6 is 11.6 Å². The number of carbonyl (C=O) groups is 5. The molecule has 3 aromatic rings. The maximum atomic E-state index is 13.6. The SMILES string of the molecule is [C-]#[N+]c1ccc(N2CCC3(CCN(C(=O)c4ccc(N5CCN(C6CCN(c7ccc8c(c7)C(=O)N(C7CCC(=O)NC7=O)C8=O)CC6)CC5)cc4)C3)CC2)cc1Cl. The topological polar surface area (TPSA) is 121 Å². The fraction of sp³-hybridized carbons (Fsp3) is 0.455. The van der Waals surface area contributed by atoms with Gasteiger partial charge < -0.3 is 19.6 Å². The van der Waals surface area contributed by atoms with Crippen LogP contribution in [0.2, 0.25) is 5.02 Å². The van der Waals surface area contributed by atoms with Crippen molar-refractivity contribution in [2.24, 2.45) is 5.41 Å². The zero-order valence-electron chi connectivity index (χ0n) is 32.5. The zero-order chi connectivity index (χ0) is 40.1. The van der Waals surface area contributed by atoms with Gasteiger partial charge in [-0.2, -0.15) is 0 Å². The standard InChI is InChI=1S/C44H47ClN8O5/c1-46-37-9-7-33(27-36(37)45)49-19-14-44(15-20-49)16-21-52(28-44)41(56)29-2-4-30(5-3-29)50-22-24-51(25-23-50)31-12-17-48(18-13-31)32-6-8-34-35(26-32)43(58)53(42(34)57)38-10-11-39(54)47-40(38)55/h2-9,26-27,31,38H,10-25,28H2,(H,47,54,55). The van der Waals surface area contributed by atoms with Gasteiger partial charge in [-0.1, -0.05) is 17.7 Å². The number of imide groups is 2. The first-order chi connectivity index (χ1) is 28.1. The number of carbonyl (C=O) groups excluding carboxylic acids is 5. The van der Waals surface area contributed by atoms with Gasteiger partial charge in [-0.25, -0.2) is 4.85 Å². The molecule has 0 radical (unpaired) electrons. The minimum Gasteiger partial charge on any atom is -0.372 e. The third-order valence-electron chi connectivity index (χ3n) is 13.5. The third-order valence-corrected chi connectivity index (χ3v) is 13.8. The lowest BCUT2D eigenvalue weighted by Gasteiger charge is -2.44. The molecule has 3 aromatic carbocycles. The number of nitrogens with zero attached hydrogens (tertiary/aromatic N) is 7. The molecule has 5 fully saturated rings. The number of rotatable bonds is 6. The molecular formula is C44H47ClN8O5. The number of amides is 5. The van der Waals surface area contributed by atoms with E-state index < -0.39 is 23.8 Å². The number of halogens is 1. The van der Waals surface area contributed by atoms with Crippen LogP contribution in [0.3, 0.4) is 0 Å². The molecule has 1 N–H and O–H groups in total. The maximum absolute atomic E-state index is 13.6. The number of anilines is 3. The van der Waals surface area contributed by atoms with E-state index in [9.17, 15) is 24.0 Å². The van der Waals surface area contributed by atoms with Crippen molar-refractivity contribution in [1.29, 1.82) is 0 Å². The van der Waals surface area contributed by atoms with Crippen molar-refractivity contribution >= 4 is 63.9 Å². The van der Waals surface area contributed by atoms with E-state index in [2.05, 4.69) is 41.9 Å². The van der Waals surface area contributed by atoms with E-state index >= 15 is 0 Å². The molecule has 9 rings (SSSR count). The number of hydrogen-bond donors (Lipinski definition) is 1. The molecule has 1 spiro atoms. The van der Waals surface area contributed by atoms with Gasteiger partial charge >= 0.3 is 0 Å². The Balaban J connectivity index is 0.735. The highest BCUT2D eigenvalue weighted by atomic mass is 35.5.